The summed E-state index contributed by atoms with van der Waals surface area (Å²) in [5.41, 5.74) is 3.15. The molecule has 0 aliphatic heterocycles. The van der Waals surface area contributed by atoms with Gasteiger partial charge in [-0.15, -0.1) is 0 Å². The normalized spacial score (nSPS) is 14.3. The van der Waals surface area contributed by atoms with E-state index in [1.807, 2.05) is 26.8 Å². The molecule has 0 aliphatic carbocycles. The molecule has 182 valence electrons. The van der Waals surface area contributed by atoms with Crippen LogP contribution in [0.4, 0.5) is 0 Å². The van der Waals surface area contributed by atoms with E-state index in [0.717, 1.165) is 19.3 Å². The number of benzene rings is 1. The van der Waals surface area contributed by atoms with E-state index in [0.29, 0.717) is 36.0 Å². The number of aryl methyl sites for hydroxylation is 1. The fourth-order valence-corrected chi connectivity index (χ4v) is 3.31. The highest BCUT2D eigenvalue weighted by atomic mass is 16.5. The minimum atomic E-state index is -1.05. The monoisotopic (exact) mass is 456 g/mol. The second-order valence-corrected chi connectivity index (χ2v) is 9.06. The van der Waals surface area contributed by atoms with Crippen LogP contribution in [0.2, 0.25) is 0 Å². The molecule has 5 nitrogen and oxygen atoms in total. The van der Waals surface area contributed by atoms with Crippen molar-refractivity contribution in [3.8, 4) is 11.5 Å². The third kappa shape index (κ3) is 11.1. The van der Waals surface area contributed by atoms with E-state index in [2.05, 4.69) is 12.2 Å². The summed E-state index contributed by atoms with van der Waals surface area (Å²) in [6.07, 6.45) is 13.7. The van der Waals surface area contributed by atoms with Crippen LogP contribution in [0.3, 0.4) is 0 Å². The molecule has 3 N–H and O–H groups in total. The minimum absolute atomic E-state index is 0.0633. The summed E-state index contributed by atoms with van der Waals surface area (Å²) in [5, 5.41) is 30.5. The first-order chi connectivity index (χ1) is 15.4. The predicted molar refractivity (Wildman–Crippen MR) is 135 cm³/mol. The number of hydrogen-bond donors (Lipinski definition) is 3. The minimum Gasteiger partial charge on any atom is -0.508 e. The molecule has 1 atom stereocenters. The van der Waals surface area contributed by atoms with Gasteiger partial charge in [0.15, 0.2) is 0 Å². The number of aromatic hydroxyl groups is 2. The molecule has 0 bridgehead atoms. The zero-order valence-corrected chi connectivity index (χ0v) is 20.9. The molecule has 0 amide bonds. The largest absolute Gasteiger partial charge is 0.508 e. The Morgan fingerprint density at radius 3 is 2.30 bits per heavy atom. The molecule has 0 aliphatic rings. The van der Waals surface area contributed by atoms with Crippen LogP contribution in [0, 0.1) is 6.92 Å². The maximum absolute atomic E-state index is 12.0. The van der Waals surface area contributed by atoms with Crippen molar-refractivity contribution in [2.24, 2.45) is 0 Å². The summed E-state index contributed by atoms with van der Waals surface area (Å²) in [5.74, 6) is -0.102. The van der Waals surface area contributed by atoms with E-state index < -0.39 is 5.60 Å². The van der Waals surface area contributed by atoms with Gasteiger partial charge in [-0.3, -0.25) is 0 Å². The van der Waals surface area contributed by atoms with Crippen molar-refractivity contribution >= 4 is 12.0 Å². The number of allylic oxidation sites excluding steroid dienone is 5. The summed E-state index contributed by atoms with van der Waals surface area (Å²) >= 11 is 0. The third-order valence-corrected chi connectivity index (χ3v) is 5.45. The van der Waals surface area contributed by atoms with Gasteiger partial charge in [0.2, 0.25) is 0 Å². The Labute approximate surface area is 198 Å². The van der Waals surface area contributed by atoms with Gasteiger partial charge in [0, 0.05) is 11.1 Å². The Morgan fingerprint density at radius 2 is 1.67 bits per heavy atom. The molecule has 33 heavy (non-hydrogen) atoms. The van der Waals surface area contributed by atoms with Crippen molar-refractivity contribution < 1.29 is 24.9 Å². The van der Waals surface area contributed by atoms with Crippen molar-refractivity contribution in [2.75, 3.05) is 7.11 Å². The molecule has 0 saturated carbocycles. The van der Waals surface area contributed by atoms with Crippen molar-refractivity contribution in [3.05, 3.63) is 64.3 Å². The van der Waals surface area contributed by atoms with Gasteiger partial charge in [0.05, 0.1) is 12.7 Å². The number of phenols is 2. The van der Waals surface area contributed by atoms with Gasteiger partial charge in [0.1, 0.15) is 11.5 Å². The Balaban J connectivity index is 2.62. The number of phenolic OH excluding ortho intramolecular Hbond substituents is 2. The second-order valence-electron chi connectivity index (χ2n) is 9.06. The smallest absolute Gasteiger partial charge is 0.333 e. The standard InChI is InChI=1S/C28H40O5/c1-20(2)10-7-13-23(27(31)33-6)14-8-11-21(3)12-9-16-28(5,32)17-15-24-19-25(29)22(4)18-26(24)30/h10,12,14-15,17-19,29-30,32H,7-9,11,13,16H2,1-6H3. The molecule has 0 radical (unpaired) electrons. The molecule has 1 unspecified atom stereocenters. The molecule has 1 aromatic carbocycles. The molecule has 5 heteroatoms. The number of carbonyl (C=O) groups is 1. The van der Waals surface area contributed by atoms with E-state index in [-0.39, 0.29) is 17.5 Å². The lowest BCUT2D eigenvalue weighted by molar-refractivity contribution is -0.136. The Hall–Kier alpha value is -2.79. The summed E-state index contributed by atoms with van der Waals surface area (Å²) < 4.78 is 4.90. The molecule has 0 saturated heterocycles. The number of hydrogen-bond acceptors (Lipinski definition) is 5. The van der Waals surface area contributed by atoms with Crippen LogP contribution in [-0.2, 0) is 9.53 Å². The van der Waals surface area contributed by atoms with Crippen LogP contribution in [0.5, 0.6) is 11.5 Å². The topological polar surface area (TPSA) is 87.0 Å². The number of methoxy groups -OCH3 is 1. The first kappa shape index (κ1) is 28.2. The van der Waals surface area contributed by atoms with Gasteiger partial charge in [0.25, 0.3) is 0 Å². The quantitative estimate of drug-likeness (QED) is 0.144. The molecule has 0 fully saturated rings. The zero-order valence-electron chi connectivity index (χ0n) is 20.9. The summed E-state index contributed by atoms with van der Waals surface area (Å²) in [4.78, 5) is 12.0. The Morgan fingerprint density at radius 1 is 1.00 bits per heavy atom. The Bertz CT molecular complexity index is 912. The average molecular weight is 457 g/mol. The van der Waals surface area contributed by atoms with E-state index >= 15 is 0 Å². The molecule has 1 rings (SSSR count). The third-order valence-electron chi connectivity index (χ3n) is 5.45. The summed E-state index contributed by atoms with van der Waals surface area (Å²) in [6, 6.07) is 2.98. The van der Waals surface area contributed by atoms with Crippen LogP contribution in [0.1, 0.15) is 77.3 Å². The van der Waals surface area contributed by atoms with Gasteiger partial charge < -0.3 is 20.1 Å². The van der Waals surface area contributed by atoms with Crippen LogP contribution in [0.15, 0.2) is 53.2 Å². The molecule has 0 aromatic heterocycles. The molecule has 0 spiro atoms. The van der Waals surface area contributed by atoms with E-state index in [1.165, 1.54) is 30.4 Å². The summed E-state index contributed by atoms with van der Waals surface area (Å²) in [7, 11) is 1.41. The van der Waals surface area contributed by atoms with Gasteiger partial charge in [-0.2, -0.15) is 0 Å². The molecular weight excluding hydrogens is 416 g/mol. The maximum atomic E-state index is 12.0. The maximum Gasteiger partial charge on any atom is 0.333 e. The Kier molecular flexibility index (Phi) is 11.7. The first-order valence-electron chi connectivity index (χ1n) is 11.5. The molecular formula is C28H40O5. The number of ether oxygens (including phenoxy) is 1. The lowest BCUT2D eigenvalue weighted by atomic mass is 9.96. The lowest BCUT2D eigenvalue weighted by Gasteiger charge is -2.18. The fraction of sp³-hybridized carbons (Fsp3) is 0.464. The average Bonchev–Trinajstić information content (AvgIpc) is 2.73. The van der Waals surface area contributed by atoms with Crippen molar-refractivity contribution in [1.82, 2.24) is 0 Å². The number of rotatable bonds is 12. The van der Waals surface area contributed by atoms with Crippen LogP contribution < -0.4 is 0 Å². The van der Waals surface area contributed by atoms with E-state index in [9.17, 15) is 20.1 Å². The van der Waals surface area contributed by atoms with Crippen LogP contribution in [0.25, 0.3) is 6.08 Å². The first-order valence-corrected chi connectivity index (χ1v) is 11.5. The van der Waals surface area contributed by atoms with Crippen LogP contribution in [-0.4, -0.2) is 34.0 Å². The molecule has 0 heterocycles. The van der Waals surface area contributed by atoms with Crippen molar-refractivity contribution in [1.29, 1.82) is 0 Å². The van der Waals surface area contributed by atoms with Gasteiger partial charge in [-0.05, 0) is 90.8 Å². The van der Waals surface area contributed by atoms with Gasteiger partial charge >= 0.3 is 5.97 Å². The highest BCUT2D eigenvalue weighted by molar-refractivity contribution is 5.88. The number of esters is 1. The van der Waals surface area contributed by atoms with Gasteiger partial charge in [-0.25, -0.2) is 4.79 Å². The van der Waals surface area contributed by atoms with E-state index in [1.54, 1.807) is 26.0 Å². The second kappa shape index (κ2) is 13.7. The molecule has 1 aromatic rings. The number of carbonyl (C=O) groups excluding carboxylic acids is 1. The zero-order chi connectivity index (χ0) is 25.0. The lowest BCUT2D eigenvalue weighted by Crippen LogP contribution is -2.19. The highest BCUT2D eigenvalue weighted by Crippen LogP contribution is 2.28. The van der Waals surface area contributed by atoms with Crippen molar-refractivity contribution in [2.45, 2.75) is 78.7 Å². The van der Waals surface area contributed by atoms with Crippen LogP contribution >= 0.6 is 0 Å². The fourth-order valence-electron chi connectivity index (χ4n) is 3.31. The SMILES string of the molecule is COC(=O)C(=CCCC(C)=CCCC(C)(O)C=Cc1cc(O)c(C)cc1O)CCC=C(C)C. The van der Waals surface area contributed by atoms with Gasteiger partial charge in [-0.1, -0.05) is 41.5 Å². The highest BCUT2D eigenvalue weighted by Gasteiger charge is 2.15. The predicted octanol–water partition coefficient (Wildman–Crippen LogP) is 6.52. The summed E-state index contributed by atoms with van der Waals surface area (Å²) in [6.45, 7) is 9.56. The van der Waals surface area contributed by atoms with E-state index in [4.69, 9.17) is 4.74 Å². The van der Waals surface area contributed by atoms with Crippen molar-refractivity contribution in [3.63, 3.8) is 0 Å². The number of aliphatic hydroxyl groups is 1.